The van der Waals surface area contributed by atoms with E-state index in [9.17, 15) is 4.79 Å². The Labute approximate surface area is 124 Å². The van der Waals surface area contributed by atoms with Gasteiger partial charge in [-0.3, -0.25) is 4.79 Å². The molecule has 0 aliphatic carbocycles. The molecular formula is C17H18N2O2. The van der Waals surface area contributed by atoms with Crippen molar-refractivity contribution < 1.29 is 9.63 Å². The highest BCUT2D eigenvalue weighted by molar-refractivity contribution is 6.00. The van der Waals surface area contributed by atoms with Crippen LogP contribution in [0, 0.1) is 0 Å². The Bertz CT molecular complexity index is 636. The molecule has 108 valence electrons. The zero-order valence-corrected chi connectivity index (χ0v) is 12.2. The summed E-state index contributed by atoms with van der Waals surface area (Å²) in [6.45, 7) is 3.79. The summed E-state index contributed by atoms with van der Waals surface area (Å²) >= 11 is 0. The first-order valence-electron chi connectivity index (χ1n) is 6.73. The van der Waals surface area contributed by atoms with E-state index < -0.39 is 0 Å². The molecule has 0 saturated carbocycles. The van der Waals surface area contributed by atoms with Gasteiger partial charge in [-0.2, -0.15) is 0 Å². The number of rotatable bonds is 5. The molecular weight excluding hydrogens is 264 g/mol. The topological polar surface area (TPSA) is 50.7 Å². The van der Waals surface area contributed by atoms with E-state index in [1.807, 2.05) is 61.5 Å². The number of nitrogens with zero attached hydrogens (tertiary/aromatic N) is 1. The zero-order chi connectivity index (χ0) is 15.1. The van der Waals surface area contributed by atoms with Crippen LogP contribution in [0.3, 0.4) is 0 Å². The molecule has 1 N–H and O–H groups in total. The molecule has 0 aliphatic heterocycles. The molecule has 0 fully saturated rings. The van der Waals surface area contributed by atoms with Gasteiger partial charge in [-0.25, -0.2) is 0 Å². The Kier molecular flexibility index (Phi) is 5.10. The Morgan fingerprint density at radius 2 is 1.86 bits per heavy atom. The summed E-state index contributed by atoms with van der Waals surface area (Å²) in [6, 6.07) is 17.4. The maximum absolute atomic E-state index is 11.1. The Balaban J connectivity index is 2.00. The molecule has 0 radical (unpaired) electrons. The second-order valence-corrected chi connectivity index (χ2v) is 4.70. The number of anilines is 1. The molecule has 2 rings (SSSR count). The van der Waals surface area contributed by atoms with Gasteiger partial charge >= 0.3 is 0 Å². The molecule has 2 aromatic carbocycles. The quantitative estimate of drug-likeness (QED) is 0.673. The predicted molar refractivity (Wildman–Crippen MR) is 84.2 cm³/mol. The number of carbonyl (C=O) groups excluding carboxylic acids is 1. The lowest BCUT2D eigenvalue weighted by molar-refractivity contribution is -0.114. The maximum atomic E-state index is 11.1. The van der Waals surface area contributed by atoms with Crippen molar-refractivity contribution in [3.63, 3.8) is 0 Å². The number of hydrogen-bond acceptors (Lipinski definition) is 3. The van der Waals surface area contributed by atoms with E-state index in [2.05, 4.69) is 10.5 Å². The Hall–Kier alpha value is -2.62. The van der Waals surface area contributed by atoms with Crippen molar-refractivity contribution in [2.45, 2.75) is 20.5 Å². The Morgan fingerprint density at radius 3 is 2.57 bits per heavy atom. The second-order valence-electron chi connectivity index (χ2n) is 4.70. The van der Waals surface area contributed by atoms with Crippen LogP contribution in [0.25, 0.3) is 0 Å². The number of carbonyl (C=O) groups is 1. The van der Waals surface area contributed by atoms with E-state index in [4.69, 9.17) is 4.84 Å². The predicted octanol–water partition coefficient (Wildman–Crippen LogP) is 3.59. The molecule has 0 saturated heterocycles. The lowest BCUT2D eigenvalue weighted by Gasteiger charge is -2.06. The molecule has 0 spiro atoms. The van der Waals surface area contributed by atoms with Crippen molar-refractivity contribution >= 4 is 17.3 Å². The van der Waals surface area contributed by atoms with Crippen molar-refractivity contribution in [1.82, 2.24) is 0 Å². The average molecular weight is 282 g/mol. The zero-order valence-electron chi connectivity index (χ0n) is 12.2. The highest BCUT2D eigenvalue weighted by atomic mass is 16.6. The van der Waals surface area contributed by atoms with Crippen LogP contribution in [0.15, 0.2) is 59.8 Å². The van der Waals surface area contributed by atoms with Gasteiger partial charge in [0.25, 0.3) is 0 Å². The largest absolute Gasteiger partial charge is 0.391 e. The summed E-state index contributed by atoms with van der Waals surface area (Å²) in [5.41, 5.74) is 3.49. The van der Waals surface area contributed by atoms with E-state index >= 15 is 0 Å². The standard InChI is InChI=1S/C17H18N2O2/c1-13(19-21-12-15-7-4-3-5-8-15)16-9-6-10-17(11-16)18-14(2)20/h3-11H,12H2,1-2H3,(H,18,20)/b19-13+. The number of benzene rings is 2. The smallest absolute Gasteiger partial charge is 0.221 e. The summed E-state index contributed by atoms with van der Waals surface area (Å²) in [5.74, 6) is -0.0953. The van der Waals surface area contributed by atoms with Crippen LogP contribution in [0.5, 0.6) is 0 Å². The number of nitrogens with one attached hydrogen (secondary N) is 1. The molecule has 0 heterocycles. The first kappa shape index (κ1) is 14.8. The molecule has 4 heteroatoms. The van der Waals surface area contributed by atoms with Gasteiger partial charge < -0.3 is 10.2 Å². The minimum Gasteiger partial charge on any atom is -0.391 e. The first-order valence-corrected chi connectivity index (χ1v) is 6.73. The first-order chi connectivity index (χ1) is 10.1. The average Bonchev–Trinajstić information content (AvgIpc) is 2.48. The van der Waals surface area contributed by atoms with Crippen LogP contribution in [-0.2, 0) is 16.2 Å². The summed E-state index contributed by atoms with van der Waals surface area (Å²) in [4.78, 5) is 16.4. The van der Waals surface area contributed by atoms with E-state index in [1.165, 1.54) is 6.92 Å². The normalized spacial score (nSPS) is 11.0. The third-order valence-electron chi connectivity index (χ3n) is 2.88. The molecule has 0 bridgehead atoms. The minimum absolute atomic E-state index is 0.0953. The van der Waals surface area contributed by atoms with Crippen LogP contribution < -0.4 is 5.32 Å². The maximum Gasteiger partial charge on any atom is 0.221 e. The fraction of sp³-hybridized carbons (Fsp3) is 0.176. The van der Waals surface area contributed by atoms with Gasteiger partial charge in [0.15, 0.2) is 0 Å². The van der Waals surface area contributed by atoms with Gasteiger partial charge in [0.05, 0.1) is 5.71 Å². The summed E-state index contributed by atoms with van der Waals surface area (Å²) < 4.78 is 0. The summed E-state index contributed by atoms with van der Waals surface area (Å²) in [7, 11) is 0. The van der Waals surface area contributed by atoms with Crippen LogP contribution in [0.2, 0.25) is 0 Å². The van der Waals surface area contributed by atoms with Crippen molar-refractivity contribution in [3.05, 3.63) is 65.7 Å². The highest BCUT2D eigenvalue weighted by Crippen LogP contribution is 2.12. The summed E-state index contributed by atoms with van der Waals surface area (Å²) in [6.07, 6.45) is 0. The van der Waals surface area contributed by atoms with Crippen molar-refractivity contribution in [3.8, 4) is 0 Å². The molecule has 4 nitrogen and oxygen atoms in total. The van der Waals surface area contributed by atoms with Crippen LogP contribution in [0.4, 0.5) is 5.69 Å². The van der Waals surface area contributed by atoms with Gasteiger partial charge in [0.2, 0.25) is 5.91 Å². The molecule has 1 amide bonds. The molecule has 0 atom stereocenters. The highest BCUT2D eigenvalue weighted by Gasteiger charge is 2.01. The molecule has 0 aromatic heterocycles. The van der Waals surface area contributed by atoms with Crippen molar-refractivity contribution in [1.29, 1.82) is 0 Å². The van der Waals surface area contributed by atoms with Gasteiger partial charge in [-0.1, -0.05) is 47.6 Å². The number of oxime groups is 1. The van der Waals surface area contributed by atoms with E-state index in [0.29, 0.717) is 6.61 Å². The van der Waals surface area contributed by atoms with Gasteiger partial charge in [-0.05, 0) is 24.6 Å². The van der Waals surface area contributed by atoms with E-state index in [0.717, 1.165) is 22.5 Å². The molecule has 0 aliphatic rings. The SMILES string of the molecule is CC(=O)Nc1cccc(/C(C)=N/OCc2ccccc2)c1. The fourth-order valence-electron chi connectivity index (χ4n) is 1.86. The van der Waals surface area contributed by atoms with E-state index in [-0.39, 0.29) is 5.91 Å². The third-order valence-corrected chi connectivity index (χ3v) is 2.88. The number of hydrogen-bond donors (Lipinski definition) is 1. The van der Waals surface area contributed by atoms with Crippen LogP contribution in [0.1, 0.15) is 25.0 Å². The summed E-state index contributed by atoms with van der Waals surface area (Å²) in [5, 5.41) is 6.86. The lowest BCUT2D eigenvalue weighted by atomic mass is 10.1. The van der Waals surface area contributed by atoms with Crippen LogP contribution in [-0.4, -0.2) is 11.6 Å². The minimum atomic E-state index is -0.0953. The molecule has 21 heavy (non-hydrogen) atoms. The van der Waals surface area contributed by atoms with Crippen molar-refractivity contribution in [2.24, 2.45) is 5.16 Å². The van der Waals surface area contributed by atoms with Gasteiger partial charge in [0, 0.05) is 18.2 Å². The molecule has 0 unspecified atom stereocenters. The Morgan fingerprint density at radius 1 is 1.10 bits per heavy atom. The van der Waals surface area contributed by atoms with Crippen molar-refractivity contribution in [2.75, 3.05) is 5.32 Å². The van der Waals surface area contributed by atoms with E-state index in [1.54, 1.807) is 0 Å². The monoisotopic (exact) mass is 282 g/mol. The van der Waals surface area contributed by atoms with Gasteiger partial charge in [0.1, 0.15) is 6.61 Å². The van der Waals surface area contributed by atoms with Crippen LogP contribution >= 0.6 is 0 Å². The fourth-order valence-corrected chi connectivity index (χ4v) is 1.86. The third kappa shape index (κ3) is 4.76. The second kappa shape index (κ2) is 7.24. The van der Waals surface area contributed by atoms with Gasteiger partial charge in [-0.15, -0.1) is 0 Å². The number of amides is 1. The lowest BCUT2D eigenvalue weighted by Crippen LogP contribution is -2.06. The molecule has 2 aromatic rings.